The van der Waals surface area contributed by atoms with Crippen LogP contribution in [0.3, 0.4) is 0 Å². The van der Waals surface area contributed by atoms with Crippen LogP contribution < -0.4 is 5.73 Å². The number of hydrogen-bond acceptors (Lipinski definition) is 3. The van der Waals surface area contributed by atoms with Crippen molar-refractivity contribution in [3.63, 3.8) is 0 Å². The normalized spacial score (nSPS) is 18.4. The number of carbonyl (C=O) groups is 1. The summed E-state index contributed by atoms with van der Waals surface area (Å²) < 4.78 is 13.8. The molecule has 0 unspecified atom stereocenters. The van der Waals surface area contributed by atoms with Gasteiger partial charge in [-0.2, -0.15) is 11.8 Å². The molecular formula is C13H16BrFN2OS. The molecule has 2 N–H and O–H groups in total. The molecule has 1 amide bonds. The number of hydrogen-bond donors (Lipinski definition) is 1. The SMILES string of the molecule is CC1(C)CN(C(=O)c2cc(N)c(F)cc2Br)CCS1. The van der Waals surface area contributed by atoms with Crippen LogP contribution in [0, 0.1) is 5.82 Å². The number of amides is 1. The number of nitrogen functional groups attached to an aromatic ring is 1. The third kappa shape index (κ3) is 3.23. The van der Waals surface area contributed by atoms with Crippen molar-refractivity contribution in [1.29, 1.82) is 0 Å². The summed E-state index contributed by atoms with van der Waals surface area (Å²) in [5.41, 5.74) is 5.96. The molecule has 6 heteroatoms. The quantitative estimate of drug-likeness (QED) is 0.794. The van der Waals surface area contributed by atoms with Gasteiger partial charge in [0, 0.05) is 28.1 Å². The molecule has 0 aromatic heterocycles. The first kappa shape index (κ1) is 14.7. The number of thioether (sulfide) groups is 1. The van der Waals surface area contributed by atoms with Crippen LogP contribution in [0.15, 0.2) is 16.6 Å². The van der Waals surface area contributed by atoms with Gasteiger partial charge in [-0.1, -0.05) is 0 Å². The van der Waals surface area contributed by atoms with Crippen LogP contribution in [0.5, 0.6) is 0 Å². The van der Waals surface area contributed by atoms with Crippen molar-refractivity contribution in [1.82, 2.24) is 4.90 Å². The number of carbonyl (C=O) groups excluding carboxylic acids is 1. The van der Waals surface area contributed by atoms with Crippen molar-refractivity contribution in [3.05, 3.63) is 28.0 Å². The lowest BCUT2D eigenvalue weighted by atomic mass is 10.1. The van der Waals surface area contributed by atoms with E-state index in [9.17, 15) is 9.18 Å². The maximum atomic E-state index is 13.3. The van der Waals surface area contributed by atoms with Gasteiger partial charge < -0.3 is 10.6 Å². The Labute approximate surface area is 124 Å². The van der Waals surface area contributed by atoms with E-state index < -0.39 is 5.82 Å². The third-order valence-electron chi connectivity index (χ3n) is 3.03. The Bertz CT molecular complexity index is 522. The van der Waals surface area contributed by atoms with Crippen LogP contribution in [0.4, 0.5) is 10.1 Å². The summed E-state index contributed by atoms with van der Waals surface area (Å²) in [6.07, 6.45) is 0. The average Bonchev–Trinajstić information content (AvgIpc) is 2.31. The highest BCUT2D eigenvalue weighted by atomic mass is 79.9. The fourth-order valence-corrected chi connectivity index (χ4v) is 3.69. The largest absolute Gasteiger partial charge is 0.396 e. The van der Waals surface area contributed by atoms with Crippen LogP contribution in [-0.4, -0.2) is 34.4 Å². The summed E-state index contributed by atoms with van der Waals surface area (Å²) in [4.78, 5) is 14.3. The standard InChI is InChI=1S/C13H16BrFN2OS/c1-13(2)7-17(3-4-19-13)12(18)8-5-11(16)10(15)6-9(8)14/h5-6H,3-4,7,16H2,1-2H3. The van der Waals surface area contributed by atoms with Crippen LogP contribution in [0.2, 0.25) is 0 Å². The molecule has 2 rings (SSSR count). The molecule has 0 saturated carbocycles. The van der Waals surface area contributed by atoms with Gasteiger partial charge in [0.15, 0.2) is 0 Å². The summed E-state index contributed by atoms with van der Waals surface area (Å²) in [6.45, 7) is 5.62. The van der Waals surface area contributed by atoms with Gasteiger partial charge in [0.1, 0.15) is 5.82 Å². The molecule has 1 aliphatic heterocycles. The number of nitrogens with two attached hydrogens (primary N) is 1. The summed E-state index contributed by atoms with van der Waals surface area (Å²) in [5, 5.41) is 0. The second-order valence-corrected chi connectivity index (χ2v) is 7.84. The van der Waals surface area contributed by atoms with Crippen LogP contribution in [0.25, 0.3) is 0 Å². The predicted molar refractivity (Wildman–Crippen MR) is 81.0 cm³/mol. The molecule has 0 bridgehead atoms. The minimum Gasteiger partial charge on any atom is -0.396 e. The molecule has 0 aliphatic carbocycles. The average molecular weight is 347 g/mol. The second kappa shape index (κ2) is 5.32. The molecule has 1 fully saturated rings. The molecule has 0 atom stereocenters. The zero-order valence-corrected chi connectivity index (χ0v) is 13.3. The van der Waals surface area contributed by atoms with E-state index in [0.717, 1.165) is 5.75 Å². The van der Waals surface area contributed by atoms with Crippen molar-refractivity contribution in [2.75, 3.05) is 24.6 Å². The van der Waals surface area contributed by atoms with E-state index in [1.807, 2.05) is 11.8 Å². The highest BCUT2D eigenvalue weighted by Crippen LogP contribution is 2.31. The molecule has 19 heavy (non-hydrogen) atoms. The van der Waals surface area contributed by atoms with Gasteiger partial charge in [0.05, 0.1) is 11.3 Å². The number of rotatable bonds is 1. The molecule has 0 radical (unpaired) electrons. The topological polar surface area (TPSA) is 46.3 Å². The third-order valence-corrected chi connectivity index (χ3v) is 4.98. The molecule has 1 saturated heterocycles. The lowest BCUT2D eigenvalue weighted by Gasteiger charge is -2.37. The van der Waals surface area contributed by atoms with Crippen molar-refractivity contribution in [3.8, 4) is 0 Å². The van der Waals surface area contributed by atoms with Crippen molar-refractivity contribution in [2.45, 2.75) is 18.6 Å². The zero-order chi connectivity index (χ0) is 14.2. The Morgan fingerprint density at radius 1 is 1.53 bits per heavy atom. The molecular weight excluding hydrogens is 331 g/mol. The summed E-state index contributed by atoms with van der Waals surface area (Å²) in [7, 11) is 0. The van der Waals surface area contributed by atoms with E-state index in [2.05, 4.69) is 29.8 Å². The van der Waals surface area contributed by atoms with Gasteiger partial charge in [-0.05, 0) is 41.9 Å². The van der Waals surface area contributed by atoms with E-state index in [1.165, 1.54) is 12.1 Å². The number of nitrogens with zero attached hydrogens (tertiary/aromatic N) is 1. The Hall–Kier alpha value is -0.750. The van der Waals surface area contributed by atoms with Gasteiger partial charge in [0.2, 0.25) is 0 Å². The monoisotopic (exact) mass is 346 g/mol. The number of anilines is 1. The molecule has 1 heterocycles. The predicted octanol–water partition coefficient (Wildman–Crippen LogP) is 3.14. The summed E-state index contributed by atoms with van der Waals surface area (Å²) >= 11 is 5.08. The van der Waals surface area contributed by atoms with Gasteiger partial charge in [-0.3, -0.25) is 4.79 Å². The van der Waals surface area contributed by atoms with Gasteiger partial charge in [0.25, 0.3) is 5.91 Å². The van der Waals surface area contributed by atoms with Gasteiger partial charge >= 0.3 is 0 Å². The minimum absolute atomic E-state index is 0.00260. The van der Waals surface area contributed by atoms with E-state index in [0.29, 0.717) is 23.1 Å². The fourth-order valence-electron chi connectivity index (χ4n) is 2.09. The summed E-state index contributed by atoms with van der Waals surface area (Å²) in [6, 6.07) is 2.64. The Morgan fingerprint density at radius 3 is 2.84 bits per heavy atom. The lowest BCUT2D eigenvalue weighted by molar-refractivity contribution is 0.0747. The van der Waals surface area contributed by atoms with Crippen LogP contribution >= 0.6 is 27.7 Å². The molecule has 1 aromatic rings. The number of benzene rings is 1. The molecule has 104 valence electrons. The fraction of sp³-hybridized carbons (Fsp3) is 0.462. The van der Waals surface area contributed by atoms with Crippen molar-refractivity contribution in [2.24, 2.45) is 0 Å². The highest BCUT2D eigenvalue weighted by Gasteiger charge is 2.31. The maximum Gasteiger partial charge on any atom is 0.255 e. The van der Waals surface area contributed by atoms with Crippen LogP contribution in [0.1, 0.15) is 24.2 Å². The molecule has 1 aliphatic rings. The van der Waals surface area contributed by atoms with Crippen molar-refractivity contribution >= 4 is 39.3 Å². The molecule has 0 spiro atoms. The number of halogens is 2. The second-order valence-electron chi connectivity index (χ2n) is 5.19. The van der Waals surface area contributed by atoms with E-state index >= 15 is 0 Å². The van der Waals surface area contributed by atoms with Crippen molar-refractivity contribution < 1.29 is 9.18 Å². The Balaban J connectivity index is 2.27. The highest BCUT2D eigenvalue weighted by molar-refractivity contribution is 9.10. The first-order valence-electron chi connectivity index (χ1n) is 5.98. The Morgan fingerprint density at radius 2 is 2.21 bits per heavy atom. The minimum atomic E-state index is -0.516. The zero-order valence-electron chi connectivity index (χ0n) is 10.9. The summed E-state index contributed by atoms with van der Waals surface area (Å²) in [5.74, 6) is 0.289. The van der Waals surface area contributed by atoms with E-state index in [-0.39, 0.29) is 16.3 Å². The smallest absolute Gasteiger partial charge is 0.255 e. The van der Waals surface area contributed by atoms with Gasteiger partial charge in [-0.25, -0.2) is 4.39 Å². The Kier molecular flexibility index (Phi) is 4.11. The van der Waals surface area contributed by atoms with Crippen LogP contribution in [-0.2, 0) is 0 Å². The van der Waals surface area contributed by atoms with E-state index in [1.54, 1.807) is 4.90 Å². The lowest BCUT2D eigenvalue weighted by Crippen LogP contribution is -2.46. The molecule has 3 nitrogen and oxygen atoms in total. The first-order valence-corrected chi connectivity index (χ1v) is 7.76. The van der Waals surface area contributed by atoms with Gasteiger partial charge in [-0.15, -0.1) is 0 Å². The maximum absolute atomic E-state index is 13.3. The first-order chi connectivity index (χ1) is 8.80. The van der Waals surface area contributed by atoms with E-state index in [4.69, 9.17) is 5.73 Å². The molecule has 1 aromatic carbocycles.